The highest BCUT2D eigenvalue weighted by atomic mass is 32.1. The van der Waals surface area contributed by atoms with Gasteiger partial charge >= 0.3 is 5.97 Å². The number of carbonyl (C=O) groups excluding carboxylic acids is 1. The quantitative estimate of drug-likeness (QED) is 0.563. The number of thiophene rings is 1. The van der Waals surface area contributed by atoms with E-state index in [9.17, 15) is 4.79 Å². The van der Waals surface area contributed by atoms with Crippen molar-refractivity contribution >= 4 is 39.6 Å². The smallest absolute Gasteiger partial charge is 0.341 e. The Morgan fingerprint density at radius 3 is 2.30 bits per heavy atom. The minimum absolute atomic E-state index is 0.212. The number of esters is 1. The van der Waals surface area contributed by atoms with Crippen molar-refractivity contribution in [3.05, 3.63) is 16.0 Å². The van der Waals surface area contributed by atoms with E-state index in [2.05, 4.69) is 31.1 Å². The topological polar surface area (TPSA) is 41.6 Å². The summed E-state index contributed by atoms with van der Waals surface area (Å²) in [6.07, 6.45) is 8.88. The van der Waals surface area contributed by atoms with E-state index in [4.69, 9.17) is 17.0 Å². The molecule has 0 radical (unpaired) electrons. The van der Waals surface area contributed by atoms with Crippen LogP contribution in [0.1, 0.15) is 66.2 Å². The molecule has 1 N–H and O–H groups in total. The van der Waals surface area contributed by atoms with E-state index in [0.717, 1.165) is 44.7 Å². The summed E-state index contributed by atoms with van der Waals surface area (Å²) in [5.74, 6) is 2.35. The largest absolute Gasteiger partial charge is 0.465 e. The number of nitrogens with zero attached hydrogens (tertiary/aromatic N) is 1. The molecule has 4 nitrogen and oxygen atoms in total. The Balaban J connectivity index is 1.57. The Hall–Kier alpha value is -1.14. The lowest BCUT2D eigenvalue weighted by Gasteiger charge is -2.60. The van der Waals surface area contributed by atoms with E-state index in [1.54, 1.807) is 11.3 Å². The van der Waals surface area contributed by atoms with Crippen LogP contribution in [0.25, 0.3) is 0 Å². The molecule has 0 spiro atoms. The molecule has 4 fully saturated rings. The Kier molecular flexibility index (Phi) is 5.00. The summed E-state index contributed by atoms with van der Waals surface area (Å²) in [7, 11) is 3.60. The summed E-state index contributed by atoms with van der Waals surface area (Å²) in [6.45, 7) is 4.14. The molecule has 148 valence electrons. The van der Waals surface area contributed by atoms with Crippen molar-refractivity contribution in [1.29, 1.82) is 0 Å². The number of hydrogen-bond donors (Lipinski definition) is 1. The highest BCUT2D eigenvalue weighted by Crippen LogP contribution is 2.57. The van der Waals surface area contributed by atoms with Gasteiger partial charge in [-0.1, -0.05) is 6.92 Å². The molecule has 4 aliphatic carbocycles. The highest BCUT2D eigenvalue weighted by Gasteiger charge is 2.53. The van der Waals surface area contributed by atoms with Gasteiger partial charge in [0.25, 0.3) is 0 Å². The van der Waals surface area contributed by atoms with Crippen LogP contribution in [-0.2, 0) is 11.2 Å². The number of rotatable bonds is 4. The van der Waals surface area contributed by atoms with Crippen LogP contribution < -0.4 is 5.32 Å². The predicted octanol–water partition coefficient (Wildman–Crippen LogP) is 5.00. The van der Waals surface area contributed by atoms with Crippen molar-refractivity contribution in [2.75, 3.05) is 19.5 Å². The van der Waals surface area contributed by atoms with Gasteiger partial charge in [-0.15, -0.1) is 11.3 Å². The lowest BCUT2D eigenvalue weighted by atomic mass is 9.52. The van der Waals surface area contributed by atoms with Gasteiger partial charge in [0, 0.05) is 17.5 Å². The second-order valence-corrected chi connectivity index (χ2v) is 10.4. The summed E-state index contributed by atoms with van der Waals surface area (Å²) in [5.41, 5.74) is 1.93. The molecule has 1 aromatic rings. The van der Waals surface area contributed by atoms with Crippen LogP contribution >= 0.6 is 23.6 Å². The number of thiocarbonyl (C=S) groups is 1. The van der Waals surface area contributed by atoms with E-state index in [0.29, 0.717) is 5.56 Å². The molecule has 27 heavy (non-hydrogen) atoms. The SMILES string of the molecule is CCc1c(C)sc(NC(=S)N(C)C23CC4CC(CC(C4)C2)C3)c1C(=O)OC. The number of hydrogen-bond acceptors (Lipinski definition) is 4. The molecule has 5 rings (SSSR count). The summed E-state index contributed by atoms with van der Waals surface area (Å²) in [6, 6.07) is 0. The lowest BCUT2D eigenvalue weighted by molar-refractivity contribution is -0.0538. The van der Waals surface area contributed by atoms with Crippen LogP contribution in [0.4, 0.5) is 5.00 Å². The van der Waals surface area contributed by atoms with Gasteiger partial charge < -0.3 is 15.0 Å². The number of methoxy groups -OCH3 is 1. The second kappa shape index (κ2) is 7.03. The summed E-state index contributed by atoms with van der Waals surface area (Å²) < 4.78 is 5.05. The van der Waals surface area contributed by atoms with Gasteiger partial charge in [0.15, 0.2) is 5.11 Å². The van der Waals surface area contributed by atoms with Gasteiger partial charge in [0.1, 0.15) is 5.00 Å². The van der Waals surface area contributed by atoms with E-state index in [1.165, 1.54) is 45.6 Å². The van der Waals surface area contributed by atoms with E-state index >= 15 is 0 Å². The van der Waals surface area contributed by atoms with Gasteiger partial charge in [-0.3, -0.25) is 0 Å². The lowest BCUT2D eigenvalue weighted by Crippen LogP contribution is -2.60. The molecule has 4 bridgehead atoms. The van der Waals surface area contributed by atoms with Gasteiger partial charge in [-0.2, -0.15) is 0 Å². The molecule has 4 aliphatic rings. The Labute approximate surface area is 171 Å². The zero-order valence-corrected chi connectivity index (χ0v) is 18.4. The third-order valence-electron chi connectivity index (χ3n) is 7.19. The molecule has 4 saturated carbocycles. The van der Waals surface area contributed by atoms with Crippen molar-refractivity contribution in [2.24, 2.45) is 17.8 Å². The van der Waals surface area contributed by atoms with Crippen LogP contribution in [0.5, 0.6) is 0 Å². The maximum absolute atomic E-state index is 12.4. The van der Waals surface area contributed by atoms with Gasteiger partial charge in [0.2, 0.25) is 0 Å². The maximum atomic E-state index is 12.4. The minimum Gasteiger partial charge on any atom is -0.465 e. The van der Waals surface area contributed by atoms with Gasteiger partial charge in [-0.05, 0) is 87.4 Å². The molecular weight excluding hydrogens is 376 g/mol. The Bertz CT molecular complexity index is 735. The van der Waals surface area contributed by atoms with Gasteiger partial charge in [-0.25, -0.2) is 4.79 Å². The highest BCUT2D eigenvalue weighted by molar-refractivity contribution is 7.80. The summed E-state index contributed by atoms with van der Waals surface area (Å²) in [5, 5.41) is 4.99. The first-order chi connectivity index (χ1) is 12.9. The van der Waals surface area contributed by atoms with Crippen LogP contribution in [0.15, 0.2) is 0 Å². The van der Waals surface area contributed by atoms with Crippen LogP contribution in [-0.4, -0.2) is 35.7 Å². The van der Waals surface area contributed by atoms with Crippen molar-refractivity contribution in [1.82, 2.24) is 4.90 Å². The van der Waals surface area contributed by atoms with Crippen molar-refractivity contribution in [2.45, 2.75) is 64.3 Å². The molecule has 0 amide bonds. The summed E-state index contributed by atoms with van der Waals surface area (Å²) in [4.78, 5) is 15.9. The molecule has 1 aromatic heterocycles. The molecule has 0 aliphatic heterocycles. The zero-order valence-electron chi connectivity index (χ0n) is 16.8. The normalized spacial score (nSPS) is 31.0. The van der Waals surface area contributed by atoms with E-state index < -0.39 is 0 Å². The Morgan fingerprint density at radius 1 is 1.26 bits per heavy atom. The number of anilines is 1. The van der Waals surface area contributed by atoms with Crippen LogP contribution in [0, 0.1) is 24.7 Å². The van der Waals surface area contributed by atoms with Crippen molar-refractivity contribution in [3.8, 4) is 0 Å². The fraction of sp³-hybridized carbons (Fsp3) is 0.714. The number of aryl methyl sites for hydroxylation is 1. The number of carbonyl (C=O) groups is 1. The van der Waals surface area contributed by atoms with Crippen molar-refractivity contribution < 1.29 is 9.53 Å². The van der Waals surface area contributed by atoms with Gasteiger partial charge in [0.05, 0.1) is 12.7 Å². The first-order valence-electron chi connectivity index (χ1n) is 10.1. The Morgan fingerprint density at radius 2 is 1.81 bits per heavy atom. The first-order valence-corrected chi connectivity index (χ1v) is 11.3. The standard InChI is InChI=1S/C21H30N2O2S2/c1-5-16-12(2)27-18(17(16)19(24)25-4)22-20(26)23(3)21-9-13-6-14(10-21)8-15(7-13)11-21/h13-15H,5-11H2,1-4H3,(H,22,26). The average Bonchev–Trinajstić information content (AvgIpc) is 2.94. The molecule has 0 saturated heterocycles. The van der Waals surface area contributed by atoms with Crippen LogP contribution in [0.2, 0.25) is 0 Å². The monoisotopic (exact) mass is 406 g/mol. The zero-order chi connectivity index (χ0) is 19.3. The molecule has 0 aromatic carbocycles. The van der Waals surface area contributed by atoms with E-state index in [-0.39, 0.29) is 11.5 Å². The van der Waals surface area contributed by atoms with Crippen molar-refractivity contribution in [3.63, 3.8) is 0 Å². The molecule has 6 heteroatoms. The summed E-state index contributed by atoms with van der Waals surface area (Å²) >= 11 is 7.44. The molecular formula is C21H30N2O2S2. The molecule has 0 unspecified atom stereocenters. The predicted molar refractivity (Wildman–Crippen MR) is 115 cm³/mol. The maximum Gasteiger partial charge on any atom is 0.341 e. The number of ether oxygens (including phenoxy) is 1. The van der Waals surface area contributed by atoms with Crippen LogP contribution in [0.3, 0.4) is 0 Å². The number of nitrogens with one attached hydrogen (secondary N) is 1. The third kappa shape index (κ3) is 3.19. The minimum atomic E-state index is -0.279. The average molecular weight is 407 g/mol. The fourth-order valence-corrected chi connectivity index (χ4v) is 7.78. The third-order valence-corrected chi connectivity index (χ3v) is 8.63. The molecule has 1 heterocycles. The molecule has 0 atom stereocenters. The van der Waals surface area contributed by atoms with E-state index in [1.807, 2.05) is 0 Å². The second-order valence-electron chi connectivity index (χ2n) is 8.82. The first kappa shape index (κ1) is 19.2. The fourth-order valence-electron chi connectivity index (χ4n) is 6.28.